The van der Waals surface area contributed by atoms with Gasteiger partial charge in [-0.3, -0.25) is 0 Å². The average molecular weight is 210 g/mol. The van der Waals surface area contributed by atoms with Crippen LogP contribution in [0.1, 0.15) is 33.6 Å². The predicted molar refractivity (Wildman–Crippen MR) is 60.3 cm³/mol. The Balaban J connectivity index is 2.24. The van der Waals surface area contributed by atoms with E-state index in [0.717, 1.165) is 12.8 Å². The Kier molecular flexibility index (Phi) is 2.29. The van der Waals surface area contributed by atoms with Gasteiger partial charge >= 0.3 is 0 Å². The van der Waals surface area contributed by atoms with Gasteiger partial charge in [-0.25, -0.2) is 0 Å². The average Bonchev–Trinajstić information content (AvgIpc) is 2.14. The lowest BCUT2D eigenvalue weighted by atomic mass is 9.41. The van der Waals surface area contributed by atoms with E-state index in [1.54, 1.807) is 6.08 Å². The summed E-state index contributed by atoms with van der Waals surface area (Å²) in [6, 6.07) is 0. The number of aliphatic hydroxyl groups is 2. The quantitative estimate of drug-likeness (QED) is 0.684. The van der Waals surface area contributed by atoms with Gasteiger partial charge in [-0.15, -0.1) is 6.58 Å². The lowest BCUT2D eigenvalue weighted by molar-refractivity contribution is -0.238. The van der Waals surface area contributed by atoms with Crippen molar-refractivity contribution >= 4 is 0 Å². The molecular formula is C13H22O2. The van der Waals surface area contributed by atoms with Crippen molar-refractivity contribution in [3.63, 3.8) is 0 Å². The van der Waals surface area contributed by atoms with E-state index in [0.29, 0.717) is 11.8 Å². The zero-order valence-corrected chi connectivity index (χ0v) is 9.90. The maximum atomic E-state index is 10.6. The Labute approximate surface area is 92.0 Å². The first-order chi connectivity index (χ1) is 6.81. The van der Waals surface area contributed by atoms with E-state index < -0.39 is 11.7 Å². The van der Waals surface area contributed by atoms with Crippen molar-refractivity contribution in [3.05, 3.63) is 12.7 Å². The van der Waals surface area contributed by atoms with Crippen LogP contribution in [0.15, 0.2) is 12.7 Å². The number of rotatable bonds is 2. The van der Waals surface area contributed by atoms with Crippen molar-refractivity contribution in [2.24, 2.45) is 23.2 Å². The van der Waals surface area contributed by atoms with Gasteiger partial charge in [0, 0.05) is 5.92 Å². The summed E-state index contributed by atoms with van der Waals surface area (Å²) in [4.78, 5) is 0. The third-order valence-electron chi connectivity index (χ3n) is 5.12. The number of fused-ring (bicyclic) bond motifs is 2. The van der Waals surface area contributed by atoms with E-state index in [9.17, 15) is 10.2 Å². The molecule has 0 saturated heterocycles. The standard InChI is InChI=1S/C13H22O2/c1-5-10(14)9-6-8-7-11(12(8,2)3)13(9,4)15/h5,8-11,14-15H,1,6-7H2,2-4H3/t8?,9-,10-,11?,13-/m0/s1. The Morgan fingerprint density at radius 2 is 1.93 bits per heavy atom. The van der Waals surface area contributed by atoms with Gasteiger partial charge in [0.05, 0.1) is 11.7 Å². The van der Waals surface area contributed by atoms with Crippen LogP contribution >= 0.6 is 0 Å². The molecule has 15 heavy (non-hydrogen) atoms. The smallest absolute Gasteiger partial charge is 0.0774 e. The molecule has 0 radical (unpaired) electrons. The third-order valence-corrected chi connectivity index (χ3v) is 5.12. The zero-order valence-electron chi connectivity index (χ0n) is 9.90. The van der Waals surface area contributed by atoms with E-state index in [1.807, 2.05) is 6.92 Å². The largest absolute Gasteiger partial charge is 0.389 e. The van der Waals surface area contributed by atoms with Crippen molar-refractivity contribution in [1.29, 1.82) is 0 Å². The van der Waals surface area contributed by atoms with Gasteiger partial charge in [-0.05, 0) is 37.0 Å². The van der Waals surface area contributed by atoms with E-state index in [2.05, 4.69) is 20.4 Å². The second-order valence-corrected chi connectivity index (χ2v) is 6.10. The van der Waals surface area contributed by atoms with E-state index in [-0.39, 0.29) is 11.3 Å². The lowest BCUT2D eigenvalue weighted by Gasteiger charge is -2.65. The van der Waals surface area contributed by atoms with Crippen molar-refractivity contribution in [2.45, 2.75) is 45.3 Å². The van der Waals surface area contributed by atoms with Crippen molar-refractivity contribution in [3.8, 4) is 0 Å². The molecule has 0 aromatic carbocycles. The molecule has 0 aromatic heterocycles. The number of hydrogen-bond acceptors (Lipinski definition) is 2. The molecule has 0 spiro atoms. The highest BCUT2D eigenvalue weighted by Crippen LogP contribution is 2.64. The first kappa shape index (κ1) is 11.2. The van der Waals surface area contributed by atoms with Gasteiger partial charge in [0.2, 0.25) is 0 Å². The normalized spacial score (nSPS) is 49.3. The highest BCUT2D eigenvalue weighted by Gasteiger charge is 2.63. The highest BCUT2D eigenvalue weighted by molar-refractivity contribution is 5.14. The Morgan fingerprint density at radius 3 is 2.33 bits per heavy atom. The summed E-state index contributed by atoms with van der Waals surface area (Å²) in [7, 11) is 0. The Morgan fingerprint density at radius 1 is 1.33 bits per heavy atom. The molecule has 3 aliphatic rings. The van der Waals surface area contributed by atoms with Crippen molar-refractivity contribution < 1.29 is 10.2 Å². The summed E-state index contributed by atoms with van der Waals surface area (Å²) in [6.07, 6.45) is 3.02. The zero-order chi connectivity index (χ0) is 11.4. The predicted octanol–water partition coefficient (Wildman–Crippen LogP) is 1.97. The van der Waals surface area contributed by atoms with E-state index in [1.165, 1.54) is 0 Å². The van der Waals surface area contributed by atoms with Gasteiger partial charge < -0.3 is 10.2 Å². The fourth-order valence-electron chi connectivity index (χ4n) is 3.86. The second-order valence-electron chi connectivity index (χ2n) is 6.10. The van der Waals surface area contributed by atoms with Crippen LogP contribution in [0.2, 0.25) is 0 Å². The molecule has 86 valence electrons. The van der Waals surface area contributed by atoms with Crippen LogP contribution in [-0.4, -0.2) is 21.9 Å². The van der Waals surface area contributed by atoms with Crippen LogP contribution in [0.25, 0.3) is 0 Å². The first-order valence-corrected chi connectivity index (χ1v) is 5.84. The van der Waals surface area contributed by atoms with E-state index in [4.69, 9.17) is 0 Å². The molecule has 0 aliphatic heterocycles. The number of hydrogen-bond donors (Lipinski definition) is 2. The van der Waals surface area contributed by atoms with Gasteiger partial charge in [-0.1, -0.05) is 19.9 Å². The summed E-state index contributed by atoms with van der Waals surface area (Å²) in [5.41, 5.74) is -0.507. The molecule has 3 aliphatic carbocycles. The van der Waals surface area contributed by atoms with Crippen LogP contribution in [0, 0.1) is 23.2 Å². The van der Waals surface area contributed by atoms with Gasteiger partial charge in [0.25, 0.3) is 0 Å². The van der Waals surface area contributed by atoms with Gasteiger partial charge in [0.1, 0.15) is 0 Å². The summed E-state index contributed by atoms with van der Waals surface area (Å²) in [5.74, 6) is 0.942. The first-order valence-electron chi connectivity index (χ1n) is 5.84. The maximum absolute atomic E-state index is 10.6. The summed E-state index contributed by atoms with van der Waals surface area (Å²) in [6.45, 7) is 9.96. The van der Waals surface area contributed by atoms with E-state index >= 15 is 0 Å². The minimum absolute atomic E-state index is 0.0354. The molecule has 0 heterocycles. The van der Waals surface area contributed by atoms with Crippen LogP contribution in [-0.2, 0) is 0 Å². The molecule has 2 N–H and O–H groups in total. The fourth-order valence-corrected chi connectivity index (χ4v) is 3.86. The SMILES string of the molecule is C=C[C@H](O)[C@@H]1CC2CC(C2(C)C)[C@@]1(C)O. The lowest BCUT2D eigenvalue weighted by Crippen LogP contribution is -2.66. The molecular weight excluding hydrogens is 188 g/mol. The van der Waals surface area contributed by atoms with Crippen LogP contribution < -0.4 is 0 Å². The van der Waals surface area contributed by atoms with Crippen molar-refractivity contribution in [1.82, 2.24) is 0 Å². The van der Waals surface area contributed by atoms with Crippen molar-refractivity contribution in [2.75, 3.05) is 0 Å². The van der Waals surface area contributed by atoms with Crippen LogP contribution in [0.3, 0.4) is 0 Å². The fraction of sp³-hybridized carbons (Fsp3) is 0.846. The molecule has 2 bridgehead atoms. The molecule has 3 fully saturated rings. The summed E-state index contributed by atoms with van der Waals surface area (Å²) in [5, 5.41) is 20.4. The molecule has 0 aromatic rings. The number of aliphatic hydroxyl groups excluding tert-OH is 1. The minimum atomic E-state index is -0.744. The van der Waals surface area contributed by atoms with Gasteiger partial charge in [0.15, 0.2) is 0 Å². The molecule has 2 heteroatoms. The third kappa shape index (κ3) is 1.31. The molecule has 5 atom stereocenters. The van der Waals surface area contributed by atoms with Gasteiger partial charge in [-0.2, -0.15) is 0 Å². The summed E-state index contributed by atoms with van der Waals surface area (Å²) >= 11 is 0. The molecule has 3 rings (SSSR count). The molecule has 2 nitrogen and oxygen atoms in total. The van der Waals surface area contributed by atoms with Crippen LogP contribution in [0.5, 0.6) is 0 Å². The topological polar surface area (TPSA) is 40.5 Å². The summed E-state index contributed by atoms with van der Waals surface area (Å²) < 4.78 is 0. The Hall–Kier alpha value is -0.340. The molecule has 3 saturated carbocycles. The molecule has 2 unspecified atom stereocenters. The van der Waals surface area contributed by atoms with Crippen LogP contribution in [0.4, 0.5) is 0 Å². The second kappa shape index (κ2) is 3.08. The molecule has 0 amide bonds. The monoisotopic (exact) mass is 210 g/mol. The Bertz CT molecular complexity index is 280. The maximum Gasteiger partial charge on any atom is 0.0774 e. The highest BCUT2D eigenvalue weighted by atomic mass is 16.3. The minimum Gasteiger partial charge on any atom is -0.389 e.